The molecule has 0 aliphatic rings. The molecule has 1 aromatic carbocycles. The normalized spacial score (nSPS) is 12.1. The number of anilines is 1. The summed E-state index contributed by atoms with van der Waals surface area (Å²) >= 11 is 5.92. The Morgan fingerprint density at radius 1 is 1.29 bits per heavy atom. The molecule has 0 bridgehead atoms. The second kappa shape index (κ2) is 5.01. The fourth-order valence-corrected chi connectivity index (χ4v) is 1.54. The van der Waals surface area contributed by atoms with E-state index in [0.29, 0.717) is 10.9 Å². The van der Waals surface area contributed by atoms with Crippen molar-refractivity contribution >= 4 is 17.5 Å². The van der Waals surface area contributed by atoms with E-state index in [1.807, 2.05) is 37.3 Å². The van der Waals surface area contributed by atoms with Crippen LogP contribution in [0.1, 0.15) is 18.6 Å². The van der Waals surface area contributed by atoms with Crippen molar-refractivity contribution in [1.82, 2.24) is 9.97 Å². The van der Waals surface area contributed by atoms with Crippen molar-refractivity contribution in [3.05, 3.63) is 47.1 Å². The van der Waals surface area contributed by atoms with Crippen molar-refractivity contribution in [3.63, 3.8) is 0 Å². The molecule has 0 aliphatic carbocycles. The number of aromatic nitrogens is 2. The Bertz CT molecular complexity index is 504. The lowest BCUT2D eigenvalue weighted by molar-refractivity contribution is 0.217. The predicted molar refractivity (Wildman–Crippen MR) is 66.9 cm³/mol. The lowest BCUT2D eigenvalue weighted by Gasteiger charge is -2.14. The van der Waals surface area contributed by atoms with Crippen molar-refractivity contribution in [2.75, 3.05) is 5.73 Å². The molecule has 2 rings (SSSR count). The van der Waals surface area contributed by atoms with E-state index in [4.69, 9.17) is 22.1 Å². The molecule has 0 saturated carbocycles. The van der Waals surface area contributed by atoms with Crippen LogP contribution < -0.4 is 10.5 Å². The lowest BCUT2D eigenvalue weighted by Crippen LogP contribution is -2.06. The molecule has 0 amide bonds. The number of benzene rings is 1. The second-order valence-corrected chi connectivity index (χ2v) is 3.96. The Hall–Kier alpha value is -1.81. The molecule has 0 fully saturated rings. The zero-order valence-electron chi connectivity index (χ0n) is 9.30. The molecule has 17 heavy (non-hydrogen) atoms. The molecule has 1 heterocycles. The van der Waals surface area contributed by atoms with Gasteiger partial charge in [0.25, 0.3) is 0 Å². The number of ether oxygens (including phenoxy) is 1. The number of nitrogens with two attached hydrogens (primary N) is 1. The monoisotopic (exact) mass is 249 g/mol. The summed E-state index contributed by atoms with van der Waals surface area (Å²) in [5.41, 5.74) is 6.52. The maximum absolute atomic E-state index is 5.92. The maximum Gasteiger partial charge on any atom is 0.238 e. The lowest BCUT2D eigenvalue weighted by atomic mass is 10.1. The van der Waals surface area contributed by atoms with Gasteiger partial charge in [0.2, 0.25) is 11.8 Å². The SMILES string of the molecule is CC(Oc1nc(N)ncc1Cl)c1ccccc1. The summed E-state index contributed by atoms with van der Waals surface area (Å²) in [7, 11) is 0. The molecular weight excluding hydrogens is 238 g/mol. The first kappa shape index (κ1) is 11.7. The molecule has 2 aromatic rings. The molecule has 0 aliphatic heterocycles. The zero-order valence-corrected chi connectivity index (χ0v) is 10.1. The molecule has 0 spiro atoms. The fraction of sp³-hybridized carbons (Fsp3) is 0.167. The van der Waals surface area contributed by atoms with Gasteiger partial charge < -0.3 is 10.5 Å². The number of nitrogens with zero attached hydrogens (tertiary/aromatic N) is 2. The molecule has 2 N–H and O–H groups in total. The summed E-state index contributed by atoms with van der Waals surface area (Å²) < 4.78 is 5.65. The van der Waals surface area contributed by atoms with E-state index in [0.717, 1.165) is 5.56 Å². The largest absolute Gasteiger partial charge is 0.469 e. The van der Waals surface area contributed by atoms with E-state index in [1.165, 1.54) is 6.20 Å². The predicted octanol–water partition coefficient (Wildman–Crippen LogP) is 2.85. The molecule has 0 radical (unpaired) electrons. The summed E-state index contributed by atoms with van der Waals surface area (Å²) in [4.78, 5) is 7.72. The zero-order chi connectivity index (χ0) is 12.3. The van der Waals surface area contributed by atoms with Gasteiger partial charge >= 0.3 is 0 Å². The van der Waals surface area contributed by atoms with E-state index in [1.54, 1.807) is 0 Å². The fourth-order valence-electron chi connectivity index (χ4n) is 1.41. The van der Waals surface area contributed by atoms with E-state index in [9.17, 15) is 0 Å². The Morgan fingerprint density at radius 2 is 2.00 bits per heavy atom. The van der Waals surface area contributed by atoms with Crippen molar-refractivity contribution in [2.24, 2.45) is 0 Å². The standard InChI is InChI=1S/C12H12ClN3O/c1-8(9-5-3-2-4-6-9)17-11-10(13)7-15-12(14)16-11/h2-8H,1H3,(H2,14,15,16). The summed E-state index contributed by atoms with van der Waals surface area (Å²) in [5.74, 6) is 0.445. The Kier molecular flexibility index (Phi) is 3.44. The molecule has 1 aromatic heterocycles. The third-order valence-corrected chi connectivity index (χ3v) is 2.55. The van der Waals surface area contributed by atoms with Gasteiger partial charge in [-0.25, -0.2) is 4.98 Å². The van der Waals surface area contributed by atoms with Crippen molar-refractivity contribution in [2.45, 2.75) is 13.0 Å². The highest BCUT2D eigenvalue weighted by Crippen LogP contribution is 2.26. The average Bonchev–Trinajstić information content (AvgIpc) is 2.35. The van der Waals surface area contributed by atoms with Crippen LogP contribution in [0, 0.1) is 0 Å². The number of hydrogen-bond donors (Lipinski definition) is 1. The van der Waals surface area contributed by atoms with Crippen LogP contribution in [0.5, 0.6) is 5.88 Å². The highest BCUT2D eigenvalue weighted by molar-refractivity contribution is 6.31. The minimum atomic E-state index is -0.150. The van der Waals surface area contributed by atoms with Crippen molar-refractivity contribution in [3.8, 4) is 5.88 Å². The van der Waals surface area contributed by atoms with Crippen LogP contribution in [0.4, 0.5) is 5.95 Å². The molecule has 0 saturated heterocycles. The van der Waals surface area contributed by atoms with Gasteiger partial charge in [-0.3, -0.25) is 0 Å². The molecule has 4 nitrogen and oxygen atoms in total. The quantitative estimate of drug-likeness (QED) is 0.909. The third kappa shape index (κ3) is 2.85. The first-order valence-corrected chi connectivity index (χ1v) is 5.54. The molecule has 1 atom stereocenters. The van der Waals surface area contributed by atoms with Gasteiger partial charge in [-0.1, -0.05) is 41.9 Å². The molecule has 1 unspecified atom stereocenters. The highest BCUT2D eigenvalue weighted by atomic mass is 35.5. The van der Waals surface area contributed by atoms with Crippen LogP contribution >= 0.6 is 11.6 Å². The summed E-state index contributed by atoms with van der Waals surface area (Å²) in [6, 6.07) is 9.80. The first-order chi connectivity index (χ1) is 8.16. The van der Waals surface area contributed by atoms with Gasteiger partial charge in [0.05, 0.1) is 6.20 Å². The second-order valence-electron chi connectivity index (χ2n) is 3.55. The topological polar surface area (TPSA) is 61.0 Å². The number of halogens is 1. The van der Waals surface area contributed by atoms with Crippen LogP contribution in [0.15, 0.2) is 36.5 Å². The van der Waals surface area contributed by atoms with Gasteiger partial charge in [-0.05, 0) is 12.5 Å². The van der Waals surface area contributed by atoms with Crippen LogP contribution in [-0.4, -0.2) is 9.97 Å². The number of hydrogen-bond acceptors (Lipinski definition) is 4. The van der Waals surface area contributed by atoms with Crippen molar-refractivity contribution < 1.29 is 4.74 Å². The minimum absolute atomic E-state index is 0.143. The highest BCUT2D eigenvalue weighted by Gasteiger charge is 2.11. The van der Waals surface area contributed by atoms with Gasteiger partial charge in [-0.15, -0.1) is 0 Å². The van der Waals surface area contributed by atoms with Crippen LogP contribution in [-0.2, 0) is 0 Å². The summed E-state index contributed by atoms with van der Waals surface area (Å²) in [5, 5.41) is 0.349. The van der Waals surface area contributed by atoms with Gasteiger partial charge in [0, 0.05) is 0 Å². The Labute approximate surface area is 104 Å². The van der Waals surface area contributed by atoms with Crippen molar-refractivity contribution in [1.29, 1.82) is 0 Å². The Balaban J connectivity index is 2.18. The third-order valence-electron chi connectivity index (χ3n) is 2.29. The van der Waals surface area contributed by atoms with Gasteiger partial charge in [-0.2, -0.15) is 4.98 Å². The van der Waals surface area contributed by atoms with E-state index < -0.39 is 0 Å². The van der Waals surface area contributed by atoms with Crippen LogP contribution in [0.2, 0.25) is 5.02 Å². The Morgan fingerprint density at radius 3 is 2.71 bits per heavy atom. The first-order valence-electron chi connectivity index (χ1n) is 5.16. The van der Waals surface area contributed by atoms with E-state index >= 15 is 0 Å². The molecule has 88 valence electrons. The number of nitrogen functional groups attached to an aromatic ring is 1. The van der Waals surface area contributed by atoms with E-state index in [-0.39, 0.29) is 12.1 Å². The van der Waals surface area contributed by atoms with Gasteiger partial charge in [0.15, 0.2) is 0 Å². The van der Waals surface area contributed by atoms with E-state index in [2.05, 4.69) is 9.97 Å². The average molecular weight is 250 g/mol. The minimum Gasteiger partial charge on any atom is -0.469 e. The summed E-state index contributed by atoms with van der Waals surface area (Å²) in [6.45, 7) is 1.92. The maximum atomic E-state index is 5.92. The molecule has 5 heteroatoms. The van der Waals surface area contributed by atoms with Crippen LogP contribution in [0.3, 0.4) is 0 Å². The van der Waals surface area contributed by atoms with Gasteiger partial charge in [0.1, 0.15) is 11.1 Å². The summed E-state index contributed by atoms with van der Waals surface area (Å²) in [6.07, 6.45) is 1.28. The molecular formula is C12H12ClN3O. The number of rotatable bonds is 3. The van der Waals surface area contributed by atoms with Crippen LogP contribution in [0.25, 0.3) is 0 Å². The smallest absolute Gasteiger partial charge is 0.238 e.